The second-order valence-electron chi connectivity index (χ2n) is 8.10. The van der Waals surface area contributed by atoms with Crippen molar-refractivity contribution in [2.45, 2.75) is 12.5 Å². The highest BCUT2D eigenvalue weighted by molar-refractivity contribution is 5.89. The molecule has 1 aliphatic rings. The standard InChI is InChI=1S/C26H22FN7O2/c1-33-17-23(16-30-33)31-25-28-14-19(15-29-25)6-5-18-3-2-4-22(13-18)32-26(35)34-24(11-12-36-34)20-7-9-21(27)10-8-20/h2-4,7-10,13-17,24H,11-12H2,1H3,(H,32,35)(H,28,29,31)/t24-/m0/s1. The van der Waals surface area contributed by atoms with Crippen LogP contribution in [0.15, 0.2) is 73.3 Å². The van der Waals surface area contributed by atoms with Crippen molar-refractivity contribution in [3.8, 4) is 11.8 Å². The summed E-state index contributed by atoms with van der Waals surface area (Å²) in [5.41, 5.74) is 3.54. The quantitative estimate of drug-likeness (QED) is 0.418. The average molecular weight is 484 g/mol. The van der Waals surface area contributed by atoms with Gasteiger partial charge in [-0.2, -0.15) is 10.2 Å². The van der Waals surface area contributed by atoms with Crippen LogP contribution in [0.4, 0.5) is 26.5 Å². The third kappa shape index (κ3) is 5.48. The van der Waals surface area contributed by atoms with Crippen LogP contribution in [0.25, 0.3) is 0 Å². The number of hydrogen-bond acceptors (Lipinski definition) is 6. The Labute approximate surface area is 206 Å². The van der Waals surface area contributed by atoms with Gasteiger partial charge < -0.3 is 10.6 Å². The number of hydroxylamine groups is 2. The molecule has 9 nitrogen and oxygen atoms in total. The lowest BCUT2D eigenvalue weighted by Gasteiger charge is -2.23. The molecule has 5 rings (SSSR count). The summed E-state index contributed by atoms with van der Waals surface area (Å²) in [6, 6.07) is 12.6. The van der Waals surface area contributed by atoms with Crippen molar-refractivity contribution in [3.63, 3.8) is 0 Å². The molecule has 0 bridgehead atoms. The third-order valence-electron chi connectivity index (χ3n) is 5.44. The van der Waals surface area contributed by atoms with Gasteiger partial charge >= 0.3 is 6.03 Å². The highest BCUT2D eigenvalue weighted by Gasteiger charge is 2.31. The zero-order valence-corrected chi connectivity index (χ0v) is 19.4. The predicted octanol–water partition coefficient (Wildman–Crippen LogP) is 4.40. The summed E-state index contributed by atoms with van der Waals surface area (Å²) >= 11 is 0. The minimum atomic E-state index is -0.406. The molecule has 36 heavy (non-hydrogen) atoms. The summed E-state index contributed by atoms with van der Waals surface area (Å²) in [5, 5.41) is 11.3. The van der Waals surface area contributed by atoms with E-state index in [-0.39, 0.29) is 11.9 Å². The van der Waals surface area contributed by atoms with E-state index in [1.54, 1.807) is 53.6 Å². The maximum Gasteiger partial charge on any atom is 0.346 e. The minimum Gasteiger partial charge on any atom is -0.321 e. The Balaban J connectivity index is 1.23. The molecule has 1 fully saturated rings. The molecule has 1 atom stereocenters. The summed E-state index contributed by atoms with van der Waals surface area (Å²) in [6.07, 6.45) is 7.39. The van der Waals surface area contributed by atoms with E-state index >= 15 is 0 Å². The molecule has 1 saturated heterocycles. The van der Waals surface area contributed by atoms with Crippen LogP contribution in [0.2, 0.25) is 0 Å². The van der Waals surface area contributed by atoms with E-state index in [0.717, 1.165) is 11.3 Å². The molecule has 4 aromatic rings. The van der Waals surface area contributed by atoms with Gasteiger partial charge in [0, 0.05) is 43.3 Å². The van der Waals surface area contributed by atoms with Crippen molar-refractivity contribution >= 4 is 23.4 Å². The summed E-state index contributed by atoms with van der Waals surface area (Å²) in [6.45, 7) is 0.402. The van der Waals surface area contributed by atoms with E-state index in [2.05, 4.69) is 37.5 Å². The van der Waals surface area contributed by atoms with E-state index in [1.165, 1.54) is 17.2 Å². The highest BCUT2D eigenvalue weighted by Crippen LogP contribution is 2.31. The maximum atomic E-state index is 13.3. The third-order valence-corrected chi connectivity index (χ3v) is 5.44. The van der Waals surface area contributed by atoms with Gasteiger partial charge in [0.05, 0.1) is 30.1 Å². The number of nitrogens with one attached hydrogen (secondary N) is 2. The van der Waals surface area contributed by atoms with Crippen LogP contribution in [0, 0.1) is 17.7 Å². The van der Waals surface area contributed by atoms with Crippen molar-refractivity contribution in [3.05, 3.63) is 95.8 Å². The fourth-order valence-electron chi connectivity index (χ4n) is 3.73. The molecule has 2 aromatic carbocycles. The minimum absolute atomic E-state index is 0.288. The average Bonchev–Trinajstić information content (AvgIpc) is 3.54. The van der Waals surface area contributed by atoms with Gasteiger partial charge in [-0.15, -0.1) is 0 Å². The predicted molar refractivity (Wildman–Crippen MR) is 132 cm³/mol. The van der Waals surface area contributed by atoms with Gasteiger partial charge in [0.15, 0.2) is 0 Å². The fraction of sp³-hybridized carbons (Fsp3) is 0.154. The van der Waals surface area contributed by atoms with Crippen molar-refractivity contribution in [1.82, 2.24) is 24.8 Å². The second kappa shape index (κ2) is 10.2. The number of urea groups is 1. The molecule has 180 valence electrons. The van der Waals surface area contributed by atoms with Crippen LogP contribution in [-0.4, -0.2) is 37.4 Å². The lowest BCUT2D eigenvalue weighted by molar-refractivity contribution is -0.0829. The van der Waals surface area contributed by atoms with E-state index in [4.69, 9.17) is 4.84 Å². The fourth-order valence-corrected chi connectivity index (χ4v) is 3.73. The van der Waals surface area contributed by atoms with Gasteiger partial charge in [0.25, 0.3) is 0 Å². The highest BCUT2D eigenvalue weighted by atomic mass is 19.1. The molecule has 0 saturated carbocycles. The normalized spacial score (nSPS) is 14.7. The van der Waals surface area contributed by atoms with Gasteiger partial charge in [-0.3, -0.25) is 9.52 Å². The number of carbonyl (C=O) groups is 1. The Morgan fingerprint density at radius 1 is 1.06 bits per heavy atom. The number of rotatable bonds is 4. The zero-order valence-electron chi connectivity index (χ0n) is 19.4. The second-order valence-corrected chi connectivity index (χ2v) is 8.10. The Morgan fingerprint density at radius 2 is 1.83 bits per heavy atom. The Hall–Kier alpha value is -4.75. The molecule has 0 radical (unpaired) electrons. The number of hydrogen-bond donors (Lipinski definition) is 2. The van der Waals surface area contributed by atoms with Crippen LogP contribution in [-0.2, 0) is 11.9 Å². The van der Waals surface area contributed by atoms with Crippen LogP contribution >= 0.6 is 0 Å². The molecule has 2 amide bonds. The first-order chi connectivity index (χ1) is 17.5. The smallest absolute Gasteiger partial charge is 0.321 e. The van der Waals surface area contributed by atoms with Crippen LogP contribution < -0.4 is 10.6 Å². The van der Waals surface area contributed by atoms with Crippen LogP contribution in [0.1, 0.15) is 29.2 Å². The van der Waals surface area contributed by atoms with Gasteiger partial charge in [0.1, 0.15) is 5.82 Å². The van der Waals surface area contributed by atoms with E-state index < -0.39 is 6.03 Å². The van der Waals surface area contributed by atoms with E-state index in [1.807, 2.05) is 19.3 Å². The number of anilines is 3. The number of amides is 2. The molecule has 2 N–H and O–H groups in total. The lowest BCUT2D eigenvalue weighted by atomic mass is 10.0. The molecule has 1 aliphatic heterocycles. The first kappa shape index (κ1) is 23.0. The van der Waals surface area contributed by atoms with Crippen molar-refractivity contribution in [2.75, 3.05) is 17.2 Å². The number of aromatic nitrogens is 4. The first-order valence-electron chi connectivity index (χ1n) is 11.2. The first-order valence-corrected chi connectivity index (χ1v) is 11.2. The maximum absolute atomic E-state index is 13.3. The van der Waals surface area contributed by atoms with E-state index in [0.29, 0.717) is 35.8 Å². The summed E-state index contributed by atoms with van der Waals surface area (Å²) in [7, 11) is 1.83. The number of nitrogens with zero attached hydrogens (tertiary/aromatic N) is 5. The molecule has 2 aromatic heterocycles. The topological polar surface area (TPSA) is 97.2 Å². The monoisotopic (exact) mass is 483 g/mol. The largest absolute Gasteiger partial charge is 0.346 e. The lowest BCUT2D eigenvalue weighted by Crippen LogP contribution is -2.33. The van der Waals surface area contributed by atoms with Gasteiger partial charge in [-0.05, 0) is 35.9 Å². The molecule has 3 heterocycles. The Morgan fingerprint density at radius 3 is 2.58 bits per heavy atom. The molecular formula is C26H22FN7O2. The summed E-state index contributed by atoms with van der Waals surface area (Å²) < 4.78 is 15.0. The SMILES string of the molecule is Cn1cc(Nc2ncc(C#Cc3cccc(NC(=O)N4OCC[C@H]4c4ccc(F)cc4)c3)cn2)cn1. The summed E-state index contributed by atoms with van der Waals surface area (Å²) in [5.74, 6) is 6.21. The number of aryl methyl sites for hydroxylation is 1. The van der Waals surface area contributed by atoms with Gasteiger partial charge in [-0.25, -0.2) is 19.2 Å². The number of benzene rings is 2. The Bertz CT molecular complexity index is 1430. The molecule has 0 unspecified atom stereocenters. The number of carbonyl (C=O) groups excluding carboxylic acids is 1. The van der Waals surface area contributed by atoms with E-state index in [9.17, 15) is 9.18 Å². The molecule has 0 spiro atoms. The van der Waals surface area contributed by atoms with Crippen molar-refractivity contribution in [1.29, 1.82) is 0 Å². The Kier molecular flexibility index (Phi) is 6.55. The van der Waals surface area contributed by atoms with Crippen molar-refractivity contribution in [2.24, 2.45) is 7.05 Å². The summed E-state index contributed by atoms with van der Waals surface area (Å²) in [4.78, 5) is 27.0. The van der Waals surface area contributed by atoms with Crippen LogP contribution in [0.3, 0.4) is 0 Å². The van der Waals surface area contributed by atoms with Gasteiger partial charge in [0.2, 0.25) is 5.95 Å². The molecule has 10 heteroatoms. The van der Waals surface area contributed by atoms with Crippen molar-refractivity contribution < 1.29 is 14.0 Å². The van der Waals surface area contributed by atoms with Crippen LogP contribution in [0.5, 0.6) is 0 Å². The zero-order chi connectivity index (χ0) is 24.9. The molecular weight excluding hydrogens is 461 g/mol. The molecule has 0 aliphatic carbocycles. The number of halogens is 1. The van der Waals surface area contributed by atoms with Gasteiger partial charge in [-0.1, -0.05) is 30.0 Å².